The molecule has 21 heavy (non-hydrogen) atoms. The van der Waals surface area contributed by atoms with Gasteiger partial charge in [0.15, 0.2) is 11.6 Å². The van der Waals surface area contributed by atoms with Crippen LogP contribution < -0.4 is 15.8 Å². The third-order valence-corrected chi connectivity index (χ3v) is 4.01. The van der Waals surface area contributed by atoms with Crippen molar-refractivity contribution >= 4 is 5.91 Å². The van der Waals surface area contributed by atoms with Crippen LogP contribution in [0.25, 0.3) is 0 Å². The number of nitrogens with one attached hydrogen (secondary N) is 1. The molecule has 6 heteroatoms. The van der Waals surface area contributed by atoms with E-state index in [1.165, 1.54) is 6.07 Å². The second-order valence-corrected chi connectivity index (χ2v) is 5.42. The fourth-order valence-electron chi connectivity index (χ4n) is 2.87. The van der Waals surface area contributed by atoms with Crippen LogP contribution in [0.15, 0.2) is 18.2 Å². The maximum atomic E-state index is 13.7. The highest BCUT2D eigenvalue weighted by Gasteiger charge is 2.32. The van der Waals surface area contributed by atoms with E-state index < -0.39 is 11.9 Å². The van der Waals surface area contributed by atoms with Gasteiger partial charge in [0.2, 0.25) is 5.91 Å². The van der Waals surface area contributed by atoms with E-state index in [2.05, 4.69) is 5.32 Å². The Labute approximate surface area is 122 Å². The van der Waals surface area contributed by atoms with Crippen LogP contribution in [0, 0.1) is 5.82 Å². The molecule has 1 amide bonds. The SMILES string of the molecule is NC[C@H]1CC[C@@H](C(=O)N[C@@H]2CCOc3c(F)cccc32)O1. The lowest BCUT2D eigenvalue weighted by Gasteiger charge is -2.27. The van der Waals surface area contributed by atoms with E-state index in [9.17, 15) is 9.18 Å². The Morgan fingerprint density at radius 1 is 1.38 bits per heavy atom. The standard InChI is InChI=1S/C15H19FN2O3/c16-11-3-1-2-10-12(6-7-20-14(10)11)18-15(19)13-5-4-9(8-17)21-13/h1-3,9,12-13H,4-8,17H2,(H,18,19)/t9-,12-,13+/m1/s1. The van der Waals surface area contributed by atoms with Gasteiger partial charge < -0.3 is 20.5 Å². The molecule has 2 heterocycles. The molecule has 0 radical (unpaired) electrons. The van der Waals surface area contributed by atoms with E-state index in [1.54, 1.807) is 12.1 Å². The molecule has 1 fully saturated rings. The Hall–Kier alpha value is -1.66. The van der Waals surface area contributed by atoms with Crippen molar-refractivity contribution in [1.29, 1.82) is 0 Å². The summed E-state index contributed by atoms with van der Waals surface area (Å²) in [6.07, 6.45) is 1.59. The van der Waals surface area contributed by atoms with Crippen molar-refractivity contribution in [3.63, 3.8) is 0 Å². The fourth-order valence-corrected chi connectivity index (χ4v) is 2.87. The van der Waals surface area contributed by atoms with Gasteiger partial charge >= 0.3 is 0 Å². The molecular formula is C15H19FN2O3. The summed E-state index contributed by atoms with van der Waals surface area (Å²) in [4.78, 5) is 12.3. The van der Waals surface area contributed by atoms with Crippen molar-refractivity contribution in [2.75, 3.05) is 13.2 Å². The number of amides is 1. The summed E-state index contributed by atoms with van der Waals surface area (Å²) < 4.78 is 24.6. The normalized spacial score (nSPS) is 27.8. The summed E-state index contributed by atoms with van der Waals surface area (Å²) in [7, 11) is 0. The number of nitrogens with two attached hydrogens (primary N) is 1. The molecule has 5 nitrogen and oxygen atoms in total. The van der Waals surface area contributed by atoms with Gasteiger partial charge in [-0.2, -0.15) is 0 Å². The van der Waals surface area contributed by atoms with Crippen LogP contribution in [0.4, 0.5) is 4.39 Å². The molecule has 3 N–H and O–H groups in total. The topological polar surface area (TPSA) is 73.6 Å². The largest absolute Gasteiger partial charge is 0.490 e. The monoisotopic (exact) mass is 294 g/mol. The van der Waals surface area contributed by atoms with Gasteiger partial charge in [-0.3, -0.25) is 4.79 Å². The molecule has 1 saturated heterocycles. The molecule has 1 aromatic rings. The molecular weight excluding hydrogens is 275 g/mol. The molecule has 0 unspecified atom stereocenters. The number of fused-ring (bicyclic) bond motifs is 1. The number of ether oxygens (including phenoxy) is 2. The van der Waals surface area contributed by atoms with Crippen LogP contribution in [0.5, 0.6) is 5.75 Å². The van der Waals surface area contributed by atoms with Crippen molar-refractivity contribution < 1.29 is 18.7 Å². The third kappa shape index (κ3) is 2.87. The van der Waals surface area contributed by atoms with Crippen molar-refractivity contribution in [1.82, 2.24) is 5.32 Å². The molecule has 1 aromatic carbocycles. The van der Waals surface area contributed by atoms with Crippen molar-refractivity contribution in [2.24, 2.45) is 5.73 Å². The Kier molecular flexibility index (Phi) is 4.07. The van der Waals surface area contributed by atoms with Gasteiger partial charge in [-0.1, -0.05) is 12.1 Å². The van der Waals surface area contributed by atoms with Crippen LogP contribution >= 0.6 is 0 Å². The molecule has 0 aliphatic carbocycles. The highest BCUT2D eigenvalue weighted by atomic mass is 19.1. The van der Waals surface area contributed by atoms with Crippen LogP contribution in [-0.4, -0.2) is 31.3 Å². The van der Waals surface area contributed by atoms with Crippen LogP contribution in [0.3, 0.4) is 0 Å². The second-order valence-electron chi connectivity index (χ2n) is 5.42. The third-order valence-electron chi connectivity index (χ3n) is 4.01. The summed E-state index contributed by atoms with van der Waals surface area (Å²) >= 11 is 0. The molecule has 3 rings (SSSR count). The lowest BCUT2D eigenvalue weighted by Crippen LogP contribution is -2.39. The summed E-state index contributed by atoms with van der Waals surface area (Å²) in [5.41, 5.74) is 6.23. The average Bonchev–Trinajstić information content (AvgIpc) is 2.97. The van der Waals surface area contributed by atoms with Crippen LogP contribution in [0.2, 0.25) is 0 Å². The van der Waals surface area contributed by atoms with Crippen LogP contribution in [0.1, 0.15) is 30.9 Å². The van der Waals surface area contributed by atoms with Gasteiger partial charge in [0.1, 0.15) is 6.10 Å². The minimum Gasteiger partial charge on any atom is -0.490 e. The quantitative estimate of drug-likeness (QED) is 0.880. The molecule has 2 aliphatic rings. The number of hydrogen-bond acceptors (Lipinski definition) is 4. The number of benzene rings is 1. The summed E-state index contributed by atoms with van der Waals surface area (Å²) in [6.45, 7) is 0.810. The average molecular weight is 294 g/mol. The van der Waals surface area contributed by atoms with Crippen molar-refractivity contribution in [3.8, 4) is 5.75 Å². The van der Waals surface area contributed by atoms with Crippen LogP contribution in [-0.2, 0) is 9.53 Å². The zero-order valence-electron chi connectivity index (χ0n) is 11.7. The van der Waals surface area contributed by atoms with Gasteiger partial charge in [0, 0.05) is 18.5 Å². The second kappa shape index (κ2) is 5.99. The number of hydrogen-bond donors (Lipinski definition) is 2. The first-order valence-electron chi connectivity index (χ1n) is 7.26. The number of carbonyl (C=O) groups is 1. The van der Waals surface area contributed by atoms with Gasteiger partial charge in [-0.15, -0.1) is 0 Å². The Morgan fingerprint density at radius 3 is 3.00 bits per heavy atom. The van der Waals surface area contributed by atoms with E-state index in [1.807, 2.05) is 0 Å². The maximum Gasteiger partial charge on any atom is 0.249 e. The van der Waals surface area contributed by atoms with Gasteiger partial charge in [0.05, 0.1) is 18.8 Å². The minimum atomic E-state index is -0.460. The first kappa shape index (κ1) is 14.3. The number of para-hydroxylation sites is 1. The van der Waals surface area contributed by atoms with Crippen molar-refractivity contribution in [2.45, 2.75) is 37.5 Å². The fraction of sp³-hybridized carbons (Fsp3) is 0.533. The number of rotatable bonds is 3. The van der Waals surface area contributed by atoms with E-state index >= 15 is 0 Å². The number of halogens is 1. The summed E-state index contributed by atoms with van der Waals surface area (Å²) in [5, 5.41) is 2.94. The highest BCUT2D eigenvalue weighted by molar-refractivity contribution is 5.81. The number of carbonyl (C=O) groups excluding carboxylic acids is 1. The lowest BCUT2D eigenvalue weighted by molar-refractivity contribution is -0.132. The van der Waals surface area contributed by atoms with E-state index in [0.717, 1.165) is 6.42 Å². The van der Waals surface area contributed by atoms with Crippen molar-refractivity contribution in [3.05, 3.63) is 29.6 Å². The van der Waals surface area contributed by atoms with E-state index in [0.29, 0.717) is 31.6 Å². The summed E-state index contributed by atoms with van der Waals surface area (Å²) in [6, 6.07) is 4.52. The first-order valence-corrected chi connectivity index (χ1v) is 7.26. The molecule has 0 spiro atoms. The smallest absolute Gasteiger partial charge is 0.249 e. The molecule has 0 saturated carbocycles. The van der Waals surface area contributed by atoms with Gasteiger partial charge in [0.25, 0.3) is 0 Å². The highest BCUT2D eigenvalue weighted by Crippen LogP contribution is 2.34. The maximum absolute atomic E-state index is 13.7. The predicted octanol–water partition coefficient (Wildman–Crippen LogP) is 1.27. The Balaban J connectivity index is 1.69. The molecule has 2 aliphatic heterocycles. The Morgan fingerprint density at radius 2 is 2.24 bits per heavy atom. The minimum absolute atomic E-state index is 0.0415. The first-order chi connectivity index (χ1) is 10.2. The predicted molar refractivity (Wildman–Crippen MR) is 74.3 cm³/mol. The summed E-state index contributed by atoms with van der Waals surface area (Å²) in [5.74, 6) is -0.318. The molecule has 0 bridgehead atoms. The molecule has 114 valence electrons. The zero-order valence-corrected chi connectivity index (χ0v) is 11.7. The van der Waals surface area contributed by atoms with Gasteiger partial charge in [-0.25, -0.2) is 4.39 Å². The van der Waals surface area contributed by atoms with Gasteiger partial charge in [-0.05, 0) is 18.9 Å². The van der Waals surface area contributed by atoms with E-state index in [-0.39, 0.29) is 23.8 Å². The van der Waals surface area contributed by atoms with E-state index in [4.69, 9.17) is 15.2 Å². The zero-order chi connectivity index (χ0) is 14.8. The molecule has 3 atom stereocenters. The lowest BCUT2D eigenvalue weighted by atomic mass is 10.00. The molecule has 0 aromatic heterocycles. The Bertz CT molecular complexity index is 538.